The molecule has 1 atom stereocenters. The van der Waals surface area contributed by atoms with Crippen LogP contribution in [0, 0.1) is 11.2 Å². The van der Waals surface area contributed by atoms with Crippen molar-refractivity contribution < 1.29 is 9.18 Å². The summed E-state index contributed by atoms with van der Waals surface area (Å²) in [6, 6.07) is 13.4. The second-order valence-corrected chi connectivity index (χ2v) is 6.59. The minimum absolute atomic E-state index is 0.0374. The lowest BCUT2D eigenvalue weighted by Crippen LogP contribution is -2.27. The molecule has 0 aromatic heterocycles. The third-order valence-electron chi connectivity index (χ3n) is 3.37. The highest BCUT2D eigenvalue weighted by atomic mass is 35.5. The van der Waals surface area contributed by atoms with Gasteiger partial charge < -0.3 is 0 Å². The van der Waals surface area contributed by atoms with E-state index in [1.54, 1.807) is 30.3 Å². The van der Waals surface area contributed by atoms with Gasteiger partial charge in [0.2, 0.25) is 0 Å². The van der Waals surface area contributed by atoms with E-state index in [1.165, 1.54) is 12.1 Å². The molecule has 1 nitrogen and oxygen atoms in total. The van der Waals surface area contributed by atoms with E-state index in [2.05, 4.69) is 0 Å². The Bertz CT molecular complexity index is 613. The van der Waals surface area contributed by atoms with Crippen LogP contribution in [0.15, 0.2) is 48.5 Å². The monoisotopic (exact) mass is 304 g/mol. The number of hydrogen-bond donors (Lipinski definition) is 0. The van der Waals surface area contributed by atoms with E-state index in [4.69, 9.17) is 11.6 Å². The van der Waals surface area contributed by atoms with Crippen molar-refractivity contribution >= 4 is 17.4 Å². The lowest BCUT2D eigenvalue weighted by atomic mass is 9.76. The van der Waals surface area contributed by atoms with E-state index in [0.29, 0.717) is 10.6 Å². The lowest BCUT2D eigenvalue weighted by Gasteiger charge is -2.25. The molecule has 0 aliphatic carbocycles. The predicted octanol–water partition coefficient (Wildman–Crippen LogP) is 5.23. The molecule has 0 saturated heterocycles. The molecule has 110 valence electrons. The summed E-state index contributed by atoms with van der Waals surface area (Å²) in [5.41, 5.74) is 0.907. The molecular weight excluding hydrogens is 287 g/mol. The Morgan fingerprint density at radius 2 is 1.62 bits per heavy atom. The van der Waals surface area contributed by atoms with Crippen LogP contribution in [0.25, 0.3) is 0 Å². The molecule has 0 bridgehead atoms. The van der Waals surface area contributed by atoms with Crippen LogP contribution < -0.4 is 0 Å². The first-order chi connectivity index (χ1) is 9.79. The summed E-state index contributed by atoms with van der Waals surface area (Å²) in [7, 11) is 0. The number of benzene rings is 2. The Balaban J connectivity index is 2.57. The highest BCUT2D eigenvalue weighted by molar-refractivity contribution is 6.30. The van der Waals surface area contributed by atoms with E-state index < -0.39 is 11.3 Å². The number of hydrogen-bond acceptors (Lipinski definition) is 1. The smallest absolute Gasteiger partial charge is 0.150 e. The molecule has 3 heteroatoms. The molecular formula is C18H18ClFO. The summed E-state index contributed by atoms with van der Waals surface area (Å²) in [6.45, 7) is 5.60. The van der Waals surface area contributed by atoms with Crippen LogP contribution in [0.4, 0.5) is 4.39 Å². The predicted molar refractivity (Wildman–Crippen MR) is 84.2 cm³/mol. The Kier molecular flexibility index (Phi) is 4.48. The van der Waals surface area contributed by atoms with Crippen LogP contribution in [0.1, 0.15) is 37.8 Å². The van der Waals surface area contributed by atoms with Crippen molar-refractivity contribution in [2.75, 3.05) is 0 Å². The molecule has 0 saturated carbocycles. The molecule has 2 rings (SSSR count). The van der Waals surface area contributed by atoms with Gasteiger partial charge in [0, 0.05) is 10.4 Å². The minimum atomic E-state index is -0.528. The molecule has 0 radical (unpaired) electrons. The number of rotatable bonds is 3. The van der Waals surface area contributed by atoms with Crippen LogP contribution in [0.3, 0.4) is 0 Å². The van der Waals surface area contributed by atoms with Gasteiger partial charge in [-0.25, -0.2) is 4.39 Å². The molecule has 0 amide bonds. The van der Waals surface area contributed by atoms with Crippen LogP contribution in [0.2, 0.25) is 5.02 Å². The second-order valence-electron chi connectivity index (χ2n) is 6.16. The summed E-state index contributed by atoms with van der Waals surface area (Å²) in [5.74, 6) is -0.823. The van der Waals surface area contributed by atoms with Gasteiger partial charge in [-0.15, -0.1) is 0 Å². The molecule has 0 fully saturated rings. The first-order valence-electron chi connectivity index (χ1n) is 6.84. The fourth-order valence-electron chi connectivity index (χ4n) is 2.30. The molecule has 0 N–H and O–H groups in total. The Morgan fingerprint density at radius 1 is 1.05 bits per heavy atom. The standard InChI is InChI=1S/C18H18ClFO/c1-18(2,3)17(21)16(12-6-4-8-14(19)10-12)13-7-5-9-15(20)11-13/h4-11,16H,1-3H3. The highest BCUT2D eigenvalue weighted by Crippen LogP contribution is 2.34. The van der Waals surface area contributed by atoms with Gasteiger partial charge in [0.1, 0.15) is 11.6 Å². The SMILES string of the molecule is CC(C)(C)C(=O)C(c1cccc(F)c1)c1cccc(Cl)c1. The van der Waals surface area contributed by atoms with Gasteiger partial charge in [0.05, 0.1) is 5.92 Å². The Labute approximate surface area is 129 Å². The van der Waals surface area contributed by atoms with Gasteiger partial charge in [-0.3, -0.25) is 4.79 Å². The molecule has 1 unspecified atom stereocenters. The average Bonchev–Trinajstić information content (AvgIpc) is 2.38. The number of carbonyl (C=O) groups is 1. The van der Waals surface area contributed by atoms with Gasteiger partial charge >= 0.3 is 0 Å². The summed E-state index contributed by atoms with van der Waals surface area (Å²) >= 11 is 6.04. The van der Waals surface area contributed by atoms with Crippen LogP contribution >= 0.6 is 11.6 Å². The number of halogens is 2. The van der Waals surface area contributed by atoms with Crippen molar-refractivity contribution in [1.29, 1.82) is 0 Å². The van der Waals surface area contributed by atoms with Gasteiger partial charge in [0.15, 0.2) is 0 Å². The fourth-order valence-corrected chi connectivity index (χ4v) is 2.50. The van der Waals surface area contributed by atoms with Crippen molar-refractivity contribution in [3.8, 4) is 0 Å². The van der Waals surface area contributed by atoms with E-state index in [0.717, 1.165) is 5.56 Å². The van der Waals surface area contributed by atoms with Crippen molar-refractivity contribution in [3.05, 3.63) is 70.5 Å². The summed E-state index contributed by atoms with van der Waals surface area (Å²) < 4.78 is 13.5. The van der Waals surface area contributed by atoms with Crippen molar-refractivity contribution in [2.45, 2.75) is 26.7 Å². The largest absolute Gasteiger partial charge is 0.298 e. The quantitative estimate of drug-likeness (QED) is 0.759. The molecule has 0 heterocycles. The van der Waals surface area contributed by atoms with Crippen molar-refractivity contribution in [1.82, 2.24) is 0 Å². The Hall–Kier alpha value is -1.67. The fraction of sp³-hybridized carbons (Fsp3) is 0.278. The molecule has 2 aromatic rings. The molecule has 0 aliphatic rings. The topological polar surface area (TPSA) is 17.1 Å². The molecule has 2 aromatic carbocycles. The lowest BCUT2D eigenvalue weighted by molar-refractivity contribution is -0.126. The number of ketones is 1. The van der Waals surface area contributed by atoms with Gasteiger partial charge in [0.25, 0.3) is 0 Å². The van der Waals surface area contributed by atoms with Crippen LogP contribution in [-0.4, -0.2) is 5.78 Å². The summed E-state index contributed by atoms with van der Waals surface area (Å²) in [5, 5.41) is 0.565. The summed E-state index contributed by atoms with van der Waals surface area (Å²) in [6.07, 6.45) is 0. The van der Waals surface area contributed by atoms with E-state index in [9.17, 15) is 9.18 Å². The van der Waals surface area contributed by atoms with E-state index in [1.807, 2.05) is 26.8 Å². The van der Waals surface area contributed by atoms with E-state index >= 15 is 0 Å². The molecule has 0 spiro atoms. The number of Topliss-reactive ketones (excluding diaryl/α,β-unsaturated/α-hetero) is 1. The second kappa shape index (κ2) is 5.98. The maximum Gasteiger partial charge on any atom is 0.150 e. The van der Waals surface area contributed by atoms with Crippen LogP contribution in [-0.2, 0) is 4.79 Å². The maximum atomic E-state index is 13.5. The van der Waals surface area contributed by atoms with Gasteiger partial charge in [-0.2, -0.15) is 0 Å². The van der Waals surface area contributed by atoms with Gasteiger partial charge in [-0.1, -0.05) is 56.6 Å². The first-order valence-corrected chi connectivity index (χ1v) is 7.22. The Morgan fingerprint density at radius 3 is 2.14 bits per heavy atom. The van der Waals surface area contributed by atoms with Crippen molar-refractivity contribution in [3.63, 3.8) is 0 Å². The third-order valence-corrected chi connectivity index (χ3v) is 3.60. The molecule has 21 heavy (non-hydrogen) atoms. The maximum absolute atomic E-state index is 13.5. The van der Waals surface area contributed by atoms with Crippen molar-refractivity contribution in [2.24, 2.45) is 5.41 Å². The number of carbonyl (C=O) groups excluding carboxylic acids is 1. The van der Waals surface area contributed by atoms with E-state index in [-0.39, 0.29) is 11.6 Å². The normalized spacial score (nSPS) is 13.0. The minimum Gasteiger partial charge on any atom is -0.298 e. The zero-order valence-corrected chi connectivity index (χ0v) is 13.1. The highest BCUT2D eigenvalue weighted by Gasteiger charge is 2.32. The van der Waals surface area contributed by atoms with Gasteiger partial charge in [-0.05, 0) is 35.4 Å². The zero-order valence-electron chi connectivity index (χ0n) is 12.4. The molecule has 0 aliphatic heterocycles. The third kappa shape index (κ3) is 3.70. The van der Waals surface area contributed by atoms with Crippen LogP contribution in [0.5, 0.6) is 0 Å². The zero-order chi connectivity index (χ0) is 15.6. The average molecular weight is 305 g/mol. The first kappa shape index (κ1) is 15.7. The summed E-state index contributed by atoms with van der Waals surface area (Å²) in [4.78, 5) is 12.8.